The third kappa shape index (κ3) is 2.93. The van der Waals surface area contributed by atoms with Crippen molar-refractivity contribution >= 4 is 17.7 Å². The molecule has 3 aliphatic rings. The summed E-state index contributed by atoms with van der Waals surface area (Å²) in [6.45, 7) is 1.43. The van der Waals surface area contributed by atoms with Gasteiger partial charge in [0.2, 0.25) is 5.91 Å². The van der Waals surface area contributed by atoms with E-state index >= 15 is 0 Å². The number of allylic oxidation sites excluding steroid dienone is 1. The van der Waals surface area contributed by atoms with E-state index < -0.39 is 17.6 Å². The van der Waals surface area contributed by atoms with Gasteiger partial charge in [0.1, 0.15) is 5.82 Å². The Labute approximate surface area is 151 Å². The zero-order valence-electron chi connectivity index (χ0n) is 14.5. The smallest absolute Gasteiger partial charge is 0.261 e. The lowest BCUT2D eigenvalue weighted by molar-refractivity contribution is -0.131. The number of hydrogen-bond donors (Lipinski definition) is 0. The quantitative estimate of drug-likeness (QED) is 0.618. The van der Waals surface area contributed by atoms with Gasteiger partial charge in [0.05, 0.1) is 11.1 Å². The van der Waals surface area contributed by atoms with Crippen LogP contribution in [0.2, 0.25) is 0 Å². The highest BCUT2D eigenvalue weighted by atomic mass is 19.1. The van der Waals surface area contributed by atoms with Gasteiger partial charge in [0.15, 0.2) is 0 Å². The highest BCUT2D eigenvalue weighted by Gasteiger charge is 2.36. The molecular formula is C20H21FN2O3. The molecule has 4 rings (SSSR count). The van der Waals surface area contributed by atoms with Crippen molar-refractivity contribution < 1.29 is 18.8 Å². The fraction of sp³-hybridized carbons (Fsp3) is 0.450. The van der Waals surface area contributed by atoms with Crippen LogP contribution in [0.5, 0.6) is 0 Å². The minimum Gasteiger partial charge on any atom is -0.339 e. The molecule has 0 spiro atoms. The van der Waals surface area contributed by atoms with Crippen LogP contribution >= 0.6 is 0 Å². The molecule has 26 heavy (non-hydrogen) atoms. The van der Waals surface area contributed by atoms with E-state index in [4.69, 9.17) is 0 Å². The zero-order chi connectivity index (χ0) is 18.3. The standard InChI is InChI=1S/C20H21FN2O3/c21-15-5-6-16-17(11-15)20(26)23(19(16)25)10-8-18(24)22-9-7-13-3-1-2-4-14(13)12-22/h4-6,11,13H,1-3,7-10,12H2. The Morgan fingerprint density at radius 1 is 1.15 bits per heavy atom. The van der Waals surface area contributed by atoms with Gasteiger partial charge in [-0.3, -0.25) is 19.3 Å². The summed E-state index contributed by atoms with van der Waals surface area (Å²) >= 11 is 0. The van der Waals surface area contributed by atoms with Crippen LogP contribution in [0.25, 0.3) is 0 Å². The van der Waals surface area contributed by atoms with Crippen LogP contribution in [-0.4, -0.2) is 47.2 Å². The monoisotopic (exact) mass is 356 g/mol. The van der Waals surface area contributed by atoms with E-state index in [9.17, 15) is 18.8 Å². The van der Waals surface area contributed by atoms with Crippen LogP contribution in [-0.2, 0) is 4.79 Å². The van der Waals surface area contributed by atoms with E-state index in [1.807, 2.05) is 4.90 Å². The fourth-order valence-corrected chi connectivity index (χ4v) is 4.18. The maximum absolute atomic E-state index is 13.3. The number of hydrogen-bond acceptors (Lipinski definition) is 3. The van der Waals surface area contributed by atoms with Crippen LogP contribution < -0.4 is 0 Å². The largest absolute Gasteiger partial charge is 0.339 e. The molecule has 1 fully saturated rings. The number of nitrogens with zero attached hydrogens (tertiary/aromatic N) is 2. The lowest BCUT2D eigenvalue weighted by atomic mass is 9.82. The molecular weight excluding hydrogens is 335 g/mol. The Morgan fingerprint density at radius 2 is 1.96 bits per heavy atom. The summed E-state index contributed by atoms with van der Waals surface area (Å²) in [6, 6.07) is 3.57. The lowest BCUT2D eigenvalue weighted by Crippen LogP contribution is -2.42. The number of halogens is 1. The minimum atomic E-state index is -0.550. The molecule has 0 N–H and O–H groups in total. The highest BCUT2D eigenvalue weighted by molar-refractivity contribution is 6.21. The normalized spacial score (nSPS) is 22.2. The minimum absolute atomic E-state index is 0.0335. The SMILES string of the molecule is O=C(CCN1C(=O)c2ccc(F)cc2C1=O)N1CCC2CCCC=C2C1. The molecule has 6 heteroatoms. The van der Waals surface area contributed by atoms with Gasteiger partial charge in [-0.05, 0) is 49.8 Å². The first-order chi connectivity index (χ1) is 12.5. The lowest BCUT2D eigenvalue weighted by Gasteiger charge is -2.36. The summed E-state index contributed by atoms with van der Waals surface area (Å²) in [7, 11) is 0. The van der Waals surface area contributed by atoms with Crippen LogP contribution in [0.15, 0.2) is 29.8 Å². The predicted molar refractivity (Wildman–Crippen MR) is 93.0 cm³/mol. The van der Waals surface area contributed by atoms with Gasteiger partial charge >= 0.3 is 0 Å². The second kappa shape index (κ2) is 6.67. The summed E-state index contributed by atoms with van der Waals surface area (Å²) in [6.07, 6.45) is 6.86. The number of benzene rings is 1. The zero-order valence-corrected chi connectivity index (χ0v) is 14.5. The number of amides is 3. The van der Waals surface area contributed by atoms with Crippen molar-refractivity contribution in [2.45, 2.75) is 32.1 Å². The number of rotatable bonds is 3. The summed E-state index contributed by atoms with van der Waals surface area (Å²) in [5.41, 5.74) is 1.64. The Hall–Kier alpha value is -2.50. The van der Waals surface area contributed by atoms with Crippen molar-refractivity contribution in [2.75, 3.05) is 19.6 Å². The molecule has 0 aromatic heterocycles. The Bertz CT molecular complexity index is 817. The molecule has 0 bridgehead atoms. The number of likely N-dealkylation sites (tertiary alicyclic amines) is 1. The second-order valence-corrected chi connectivity index (χ2v) is 7.21. The molecule has 2 heterocycles. The molecule has 1 atom stereocenters. The fourth-order valence-electron chi connectivity index (χ4n) is 4.18. The highest BCUT2D eigenvalue weighted by Crippen LogP contribution is 2.32. The van der Waals surface area contributed by atoms with Gasteiger partial charge in [-0.25, -0.2) is 4.39 Å². The first-order valence-electron chi connectivity index (χ1n) is 9.17. The van der Waals surface area contributed by atoms with E-state index in [1.54, 1.807) is 0 Å². The Morgan fingerprint density at radius 3 is 2.81 bits per heavy atom. The Balaban J connectivity index is 1.39. The average Bonchev–Trinajstić information content (AvgIpc) is 2.89. The predicted octanol–water partition coefficient (Wildman–Crippen LogP) is 2.77. The van der Waals surface area contributed by atoms with Crippen LogP contribution in [0.3, 0.4) is 0 Å². The van der Waals surface area contributed by atoms with Gasteiger partial charge in [-0.1, -0.05) is 11.6 Å². The maximum atomic E-state index is 13.3. The third-order valence-corrected chi connectivity index (χ3v) is 5.64. The van der Waals surface area contributed by atoms with Crippen molar-refractivity contribution in [1.82, 2.24) is 9.80 Å². The molecule has 3 amide bonds. The van der Waals surface area contributed by atoms with Crippen LogP contribution in [0, 0.1) is 11.7 Å². The molecule has 1 aromatic carbocycles. The van der Waals surface area contributed by atoms with Crippen molar-refractivity contribution in [3.05, 3.63) is 46.8 Å². The van der Waals surface area contributed by atoms with Crippen molar-refractivity contribution in [1.29, 1.82) is 0 Å². The van der Waals surface area contributed by atoms with Crippen molar-refractivity contribution in [3.8, 4) is 0 Å². The molecule has 1 unspecified atom stereocenters. The molecule has 1 saturated heterocycles. The number of carbonyl (C=O) groups excluding carboxylic acids is 3. The average molecular weight is 356 g/mol. The van der Waals surface area contributed by atoms with Gasteiger partial charge in [-0.2, -0.15) is 0 Å². The maximum Gasteiger partial charge on any atom is 0.261 e. The topological polar surface area (TPSA) is 57.7 Å². The third-order valence-electron chi connectivity index (χ3n) is 5.64. The van der Waals surface area contributed by atoms with Crippen molar-refractivity contribution in [2.24, 2.45) is 5.92 Å². The molecule has 1 aromatic rings. The number of imide groups is 1. The van der Waals surface area contributed by atoms with Crippen molar-refractivity contribution in [3.63, 3.8) is 0 Å². The molecule has 5 nitrogen and oxygen atoms in total. The van der Waals surface area contributed by atoms with E-state index in [0.717, 1.165) is 30.4 Å². The summed E-state index contributed by atoms with van der Waals surface area (Å²) in [5, 5.41) is 0. The van der Waals surface area contributed by atoms with Gasteiger partial charge in [0.25, 0.3) is 11.8 Å². The van der Waals surface area contributed by atoms with Crippen LogP contribution in [0.4, 0.5) is 4.39 Å². The van der Waals surface area contributed by atoms with Gasteiger partial charge in [0, 0.05) is 26.1 Å². The van der Waals surface area contributed by atoms with E-state index in [1.165, 1.54) is 30.5 Å². The summed E-state index contributed by atoms with van der Waals surface area (Å²) < 4.78 is 13.3. The Kier molecular flexibility index (Phi) is 4.34. The number of carbonyl (C=O) groups is 3. The van der Waals surface area contributed by atoms with Gasteiger partial charge < -0.3 is 4.90 Å². The molecule has 0 saturated carbocycles. The summed E-state index contributed by atoms with van der Waals surface area (Å²) in [4.78, 5) is 40.1. The summed E-state index contributed by atoms with van der Waals surface area (Å²) in [5.74, 6) is -0.958. The number of piperidine rings is 1. The first kappa shape index (κ1) is 16.9. The van der Waals surface area contributed by atoms with Crippen LogP contribution in [0.1, 0.15) is 52.8 Å². The van der Waals surface area contributed by atoms with E-state index in [-0.39, 0.29) is 30.0 Å². The second-order valence-electron chi connectivity index (χ2n) is 7.21. The molecule has 2 aliphatic heterocycles. The van der Waals surface area contributed by atoms with E-state index in [0.29, 0.717) is 12.5 Å². The first-order valence-corrected chi connectivity index (χ1v) is 9.17. The molecule has 0 radical (unpaired) electrons. The molecule has 1 aliphatic carbocycles. The van der Waals surface area contributed by atoms with Gasteiger partial charge in [-0.15, -0.1) is 0 Å². The molecule has 136 valence electrons. The van der Waals surface area contributed by atoms with E-state index in [2.05, 4.69) is 6.08 Å². The number of fused-ring (bicyclic) bond motifs is 2.